The zero-order valence-electron chi connectivity index (χ0n) is 18.1. The van der Waals surface area contributed by atoms with Gasteiger partial charge in [0.1, 0.15) is 11.5 Å². The fourth-order valence-corrected chi connectivity index (χ4v) is 3.55. The maximum absolute atomic E-state index is 9.87. The first-order valence-electron chi connectivity index (χ1n) is 11.7. The molecule has 0 unspecified atom stereocenters. The van der Waals surface area contributed by atoms with E-state index in [4.69, 9.17) is 4.74 Å². The summed E-state index contributed by atoms with van der Waals surface area (Å²) < 4.78 is 5.73. The van der Waals surface area contributed by atoms with Crippen molar-refractivity contribution in [2.75, 3.05) is 6.61 Å². The Bertz CT molecular complexity index is 456. The van der Waals surface area contributed by atoms with Crippen LogP contribution in [0.1, 0.15) is 116 Å². The van der Waals surface area contributed by atoms with E-state index in [9.17, 15) is 5.11 Å². The zero-order valence-corrected chi connectivity index (χ0v) is 18.1. The molecule has 1 aromatic rings. The van der Waals surface area contributed by atoms with E-state index in [1.807, 2.05) is 6.07 Å². The lowest BCUT2D eigenvalue weighted by molar-refractivity contribution is 0.307. The van der Waals surface area contributed by atoms with Gasteiger partial charge in [0.25, 0.3) is 0 Å². The number of ether oxygens (including phenoxy) is 1. The van der Waals surface area contributed by atoms with Crippen molar-refractivity contribution in [1.29, 1.82) is 0 Å². The van der Waals surface area contributed by atoms with Crippen LogP contribution >= 0.6 is 0 Å². The Morgan fingerprint density at radius 1 is 0.630 bits per heavy atom. The van der Waals surface area contributed by atoms with Crippen molar-refractivity contribution in [3.63, 3.8) is 0 Å². The van der Waals surface area contributed by atoms with E-state index in [1.165, 1.54) is 89.0 Å². The Morgan fingerprint density at radius 3 is 1.70 bits per heavy atom. The van der Waals surface area contributed by atoms with Gasteiger partial charge in [-0.1, -0.05) is 97.3 Å². The topological polar surface area (TPSA) is 29.5 Å². The highest BCUT2D eigenvalue weighted by atomic mass is 16.5. The van der Waals surface area contributed by atoms with E-state index in [0.29, 0.717) is 5.75 Å². The molecule has 0 fully saturated rings. The lowest BCUT2D eigenvalue weighted by atomic mass is 10.0. The van der Waals surface area contributed by atoms with E-state index in [1.54, 1.807) is 6.07 Å². The van der Waals surface area contributed by atoms with Gasteiger partial charge in [0.2, 0.25) is 0 Å². The Kier molecular flexibility index (Phi) is 15.0. The highest BCUT2D eigenvalue weighted by Gasteiger charge is 2.02. The van der Waals surface area contributed by atoms with Crippen LogP contribution < -0.4 is 4.74 Å². The van der Waals surface area contributed by atoms with Crippen LogP contribution in [0.5, 0.6) is 11.5 Å². The summed E-state index contributed by atoms with van der Waals surface area (Å²) in [6.45, 7) is 5.17. The number of aromatic hydroxyl groups is 1. The Morgan fingerprint density at radius 2 is 1.15 bits per heavy atom. The standard InChI is InChI=1S/C25H44O2/c1-3-5-7-8-9-10-11-12-13-14-15-16-17-18-23-20-24(26)22-25(21-23)27-19-6-4-2/h20-22,26H,3-19H2,1-2H3. The summed E-state index contributed by atoms with van der Waals surface area (Å²) in [5, 5.41) is 9.87. The van der Waals surface area contributed by atoms with E-state index in [0.717, 1.165) is 31.6 Å². The molecule has 0 aromatic heterocycles. The lowest BCUT2D eigenvalue weighted by Gasteiger charge is -2.09. The smallest absolute Gasteiger partial charge is 0.123 e. The first-order valence-corrected chi connectivity index (χ1v) is 11.7. The quantitative estimate of drug-likeness (QED) is 0.262. The lowest BCUT2D eigenvalue weighted by Crippen LogP contribution is -1.97. The van der Waals surface area contributed by atoms with Gasteiger partial charge in [-0.05, 0) is 37.0 Å². The summed E-state index contributed by atoms with van der Waals surface area (Å²) in [5.41, 5.74) is 1.20. The summed E-state index contributed by atoms with van der Waals surface area (Å²) in [5.74, 6) is 1.14. The average Bonchev–Trinajstić information content (AvgIpc) is 2.65. The third-order valence-electron chi connectivity index (χ3n) is 5.29. The van der Waals surface area contributed by atoms with Crippen LogP contribution in [-0.4, -0.2) is 11.7 Å². The molecule has 0 saturated heterocycles. The van der Waals surface area contributed by atoms with Gasteiger partial charge in [-0.25, -0.2) is 0 Å². The van der Waals surface area contributed by atoms with Crippen molar-refractivity contribution in [1.82, 2.24) is 0 Å². The molecule has 2 nitrogen and oxygen atoms in total. The molecule has 0 radical (unpaired) electrons. The largest absolute Gasteiger partial charge is 0.508 e. The minimum Gasteiger partial charge on any atom is -0.508 e. The van der Waals surface area contributed by atoms with Gasteiger partial charge < -0.3 is 9.84 Å². The first-order chi connectivity index (χ1) is 13.3. The Balaban J connectivity index is 2.00. The maximum atomic E-state index is 9.87. The summed E-state index contributed by atoms with van der Waals surface area (Å²) >= 11 is 0. The predicted octanol–water partition coefficient (Wildman–Crippen LogP) is 8.20. The molecule has 0 bridgehead atoms. The molecule has 0 saturated carbocycles. The van der Waals surface area contributed by atoms with Gasteiger partial charge in [0.05, 0.1) is 6.61 Å². The molecule has 0 amide bonds. The Hall–Kier alpha value is -1.18. The number of hydrogen-bond acceptors (Lipinski definition) is 2. The molecule has 156 valence electrons. The molecule has 1 rings (SSSR count). The number of aryl methyl sites for hydroxylation is 1. The normalized spacial score (nSPS) is 11.0. The zero-order chi connectivity index (χ0) is 19.6. The number of benzene rings is 1. The molecular formula is C25H44O2. The van der Waals surface area contributed by atoms with Gasteiger partial charge in [-0.15, -0.1) is 0 Å². The van der Waals surface area contributed by atoms with Crippen LogP contribution in [0.4, 0.5) is 0 Å². The molecule has 2 heteroatoms. The fraction of sp³-hybridized carbons (Fsp3) is 0.760. The summed E-state index contributed by atoms with van der Waals surface area (Å²) in [4.78, 5) is 0. The number of hydrogen-bond donors (Lipinski definition) is 1. The van der Waals surface area contributed by atoms with Gasteiger partial charge in [-0.3, -0.25) is 0 Å². The van der Waals surface area contributed by atoms with Crippen LogP contribution in [-0.2, 0) is 6.42 Å². The first kappa shape index (κ1) is 23.9. The Labute approximate surface area is 168 Å². The molecule has 0 aliphatic heterocycles. The van der Waals surface area contributed by atoms with Crippen LogP contribution in [0.15, 0.2) is 18.2 Å². The van der Waals surface area contributed by atoms with E-state index >= 15 is 0 Å². The highest BCUT2D eigenvalue weighted by molar-refractivity contribution is 5.37. The van der Waals surface area contributed by atoms with Crippen molar-refractivity contribution in [2.45, 2.75) is 117 Å². The second-order valence-corrected chi connectivity index (χ2v) is 8.03. The number of rotatable bonds is 18. The van der Waals surface area contributed by atoms with E-state index in [-0.39, 0.29) is 0 Å². The molecule has 0 spiro atoms. The van der Waals surface area contributed by atoms with Crippen molar-refractivity contribution in [3.8, 4) is 11.5 Å². The molecule has 0 heterocycles. The molecule has 1 aromatic carbocycles. The molecular weight excluding hydrogens is 332 g/mol. The SMILES string of the molecule is CCCCCCCCCCCCCCCc1cc(O)cc(OCCCC)c1. The second-order valence-electron chi connectivity index (χ2n) is 8.03. The third kappa shape index (κ3) is 13.6. The molecule has 27 heavy (non-hydrogen) atoms. The monoisotopic (exact) mass is 376 g/mol. The van der Waals surface area contributed by atoms with Gasteiger partial charge in [-0.2, -0.15) is 0 Å². The fourth-order valence-electron chi connectivity index (χ4n) is 3.55. The van der Waals surface area contributed by atoms with Crippen LogP contribution in [0.25, 0.3) is 0 Å². The van der Waals surface area contributed by atoms with Crippen molar-refractivity contribution in [2.24, 2.45) is 0 Å². The summed E-state index contributed by atoms with van der Waals surface area (Å²) in [6.07, 6.45) is 21.2. The molecule has 0 aliphatic carbocycles. The molecule has 1 N–H and O–H groups in total. The second kappa shape index (κ2) is 17.0. The van der Waals surface area contributed by atoms with Gasteiger partial charge in [0.15, 0.2) is 0 Å². The van der Waals surface area contributed by atoms with E-state index in [2.05, 4.69) is 19.9 Å². The number of phenols is 1. The highest BCUT2D eigenvalue weighted by Crippen LogP contribution is 2.23. The third-order valence-corrected chi connectivity index (χ3v) is 5.29. The molecule has 0 aliphatic rings. The van der Waals surface area contributed by atoms with Crippen molar-refractivity contribution >= 4 is 0 Å². The van der Waals surface area contributed by atoms with E-state index < -0.39 is 0 Å². The minimum absolute atomic E-state index is 0.327. The van der Waals surface area contributed by atoms with Gasteiger partial charge in [0, 0.05) is 6.07 Å². The summed E-state index contributed by atoms with van der Waals surface area (Å²) in [6, 6.07) is 5.70. The maximum Gasteiger partial charge on any atom is 0.123 e. The predicted molar refractivity (Wildman–Crippen MR) is 118 cm³/mol. The number of unbranched alkanes of at least 4 members (excludes halogenated alkanes) is 13. The van der Waals surface area contributed by atoms with Crippen LogP contribution in [0.2, 0.25) is 0 Å². The number of phenolic OH excluding ortho intramolecular Hbond substituents is 1. The van der Waals surface area contributed by atoms with Gasteiger partial charge >= 0.3 is 0 Å². The van der Waals surface area contributed by atoms with Crippen LogP contribution in [0, 0.1) is 0 Å². The van der Waals surface area contributed by atoms with Crippen LogP contribution in [0.3, 0.4) is 0 Å². The van der Waals surface area contributed by atoms with Crippen molar-refractivity contribution < 1.29 is 9.84 Å². The average molecular weight is 377 g/mol. The summed E-state index contributed by atoms with van der Waals surface area (Å²) in [7, 11) is 0. The van der Waals surface area contributed by atoms with Crippen molar-refractivity contribution in [3.05, 3.63) is 23.8 Å². The minimum atomic E-state index is 0.327. The molecule has 0 atom stereocenters.